The summed E-state index contributed by atoms with van der Waals surface area (Å²) in [5.41, 5.74) is 0.674. The molecule has 1 fully saturated rings. The van der Waals surface area contributed by atoms with Crippen LogP contribution in [0.25, 0.3) is 0 Å². The molecule has 2 rings (SSSR count). The summed E-state index contributed by atoms with van der Waals surface area (Å²) in [5.74, 6) is 0.0333. The first-order valence-electron chi connectivity index (χ1n) is 6.81. The fraction of sp³-hybridized carbons (Fsp3) is 0.600. The Hall–Kier alpha value is -1.09. The number of hydrogen-bond donors (Lipinski definition) is 1. The van der Waals surface area contributed by atoms with Gasteiger partial charge in [0.05, 0.1) is 0 Å². The average molecular weight is 251 g/mol. The van der Waals surface area contributed by atoms with Crippen molar-refractivity contribution in [3.05, 3.63) is 29.6 Å². The van der Waals surface area contributed by atoms with Crippen molar-refractivity contribution in [2.24, 2.45) is 5.92 Å². The number of rotatable bonds is 4. The van der Waals surface area contributed by atoms with E-state index >= 15 is 0 Å². The number of phenolic OH excluding ortho intramolecular Hbond substituents is 1. The number of benzene rings is 1. The summed E-state index contributed by atoms with van der Waals surface area (Å²) in [6.07, 6.45) is 6.65. The smallest absolute Gasteiger partial charge is 0.165 e. The summed E-state index contributed by atoms with van der Waals surface area (Å²) in [6, 6.07) is 4.73. The Kier molecular flexibility index (Phi) is 4.59. The van der Waals surface area contributed by atoms with Crippen LogP contribution in [0.1, 0.15) is 37.7 Å². The Balaban J connectivity index is 1.90. The summed E-state index contributed by atoms with van der Waals surface area (Å²) in [7, 11) is 2.04. The molecule has 0 aromatic heterocycles. The fourth-order valence-corrected chi connectivity index (χ4v) is 2.85. The van der Waals surface area contributed by atoms with Gasteiger partial charge in [0.2, 0.25) is 0 Å². The molecule has 0 spiro atoms. The highest BCUT2D eigenvalue weighted by atomic mass is 19.1. The van der Waals surface area contributed by atoms with Crippen molar-refractivity contribution in [1.82, 2.24) is 4.90 Å². The van der Waals surface area contributed by atoms with Crippen molar-refractivity contribution in [3.63, 3.8) is 0 Å². The second-order valence-electron chi connectivity index (χ2n) is 5.45. The first-order chi connectivity index (χ1) is 8.66. The van der Waals surface area contributed by atoms with Crippen LogP contribution >= 0.6 is 0 Å². The quantitative estimate of drug-likeness (QED) is 0.884. The number of nitrogens with zero attached hydrogens (tertiary/aromatic N) is 1. The van der Waals surface area contributed by atoms with E-state index in [-0.39, 0.29) is 5.75 Å². The van der Waals surface area contributed by atoms with E-state index in [9.17, 15) is 9.50 Å². The van der Waals surface area contributed by atoms with E-state index in [1.165, 1.54) is 38.2 Å². The first kappa shape index (κ1) is 13.3. The molecule has 0 unspecified atom stereocenters. The monoisotopic (exact) mass is 251 g/mol. The molecule has 18 heavy (non-hydrogen) atoms. The van der Waals surface area contributed by atoms with E-state index in [4.69, 9.17) is 0 Å². The predicted octanol–water partition coefficient (Wildman–Crippen LogP) is 3.54. The molecule has 3 heteroatoms. The molecule has 1 N–H and O–H groups in total. The van der Waals surface area contributed by atoms with Gasteiger partial charge in [-0.25, -0.2) is 4.39 Å². The van der Waals surface area contributed by atoms with Crippen LogP contribution < -0.4 is 0 Å². The molecule has 100 valence electrons. The summed E-state index contributed by atoms with van der Waals surface area (Å²) in [6.45, 7) is 1.65. The third-order valence-corrected chi connectivity index (χ3v) is 3.81. The highest BCUT2D eigenvalue weighted by Gasteiger charge is 2.16. The molecule has 1 aromatic rings. The molecule has 2 nitrogen and oxygen atoms in total. The molecule has 0 aliphatic heterocycles. The Labute approximate surface area is 108 Å². The zero-order valence-corrected chi connectivity index (χ0v) is 11.0. The largest absolute Gasteiger partial charge is 0.505 e. The van der Waals surface area contributed by atoms with Gasteiger partial charge in [-0.2, -0.15) is 0 Å². The van der Waals surface area contributed by atoms with Crippen molar-refractivity contribution in [1.29, 1.82) is 0 Å². The molecule has 0 amide bonds. The van der Waals surface area contributed by atoms with Crippen molar-refractivity contribution < 1.29 is 9.50 Å². The molecule has 1 saturated carbocycles. The lowest BCUT2D eigenvalue weighted by molar-refractivity contribution is 0.225. The Morgan fingerprint density at radius 3 is 2.72 bits per heavy atom. The van der Waals surface area contributed by atoms with Crippen molar-refractivity contribution >= 4 is 0 Å². The molecule has 0 saturated heterocycles. The lowest BCUT2D eigenvalue weighted by atomic mass is 9.89. The maximum atomic E-state index is 13.2. The Bertz CT molecular complexity index is 388. The fourth-order valence-electron chi connectivity index (χ4n) is 2.85. The van der Waals surface area contributed by atoms with Crippen molar-refractivity contribution in [3.8, 4) is 5.75 Å². The molecule has 0 heterocycles. The minimum absolute atomic E-state index is 0.201. The van der Waals surface area contributed by atoms with Crippen LogP contribution in [-0.4, -0.2) is 23.6 Å². The van der Waals surface area contributed by atoms with E-state index in [0.29, 0.717) is 12.1 Å². The molecule has 1 aliphatic rings. The van der Waals surface area contributed by atoms with E-state index in [1.807, 2.05) is 7.05 Å². The predicted molar refractivity (Wildman–Crippen MR) is 71.0 cm³/mol. The van der Waals surface area contributed by atoms with Crippen LogP contribution in [0, 0.1) is 11.7 Å². The molecule has 1 aromatic carbocycles. The van der Waals surface area contributed by atoms with Crippen LogP contribution in [0.5, 0.6) is 5.75 Å². The van der Waals surface area contributed by atoms with Crippen LogP contribution in [0.4, 0.5) is 4.39 Å². The van der Waals surface area contributed by atoms with Gasteiger partial charge in [-0.3, -0.25) is 0 Å². The van der Waals surface area contributed by atoms with Crippen LogP contribution in [0.15, 0.2) is 18.2 Å². The van der Waals surface area contributed by atoms with Gasteiger partial charge in [0.25, 0.3) is 0 Å². The molecular weight excluding hydrogens is 229 g/mol. The molecule has 1 aliphatic carbocycles. The highest BCUT2D eigenvalue weighted by Crippen LogP contribution is 2.26. The van der Waals surface area contributed by atoms with Crippen LogP contribution in [-0.2, 0) is 6.54 Å². The SMILES string of the molecule is CN(Cc1cccc(F)c1O)CC1CCCCC1. The number of phenols is 1. The van der Waals surface area contributed by atoms with Gasteiger partial charge >= 0.3 is 0 Å². The highest BCUT2D eigenvalue weighted by molar-refractivity contribution is 5.33. The third-order valence-electron chi connectivity index (χ3n) is 3.81. The van der Waals surface area contributed by atoms with Crippen molar-refractivity contribution in [2.45, 2.75) is 38.6 Å². The summed E-state index contributed by atoms with van der Waals surface area (Å²) in [4.78, 5) is 2.18. The van der Waals surface area contributed by atoms with Crippen LogP contribution in [0.3, 0.4) is 0 Å². The zero-order chi connectivity index (χ0) is 13.0. The zero-order valence-electron chi connectivity index (χ0n) is 11.0. The second-order valence-corrected chi connectivity index (χ2v) is 5.45. The molecule has 0 atom stereocenters. The number of aromatic hydroxyl groups is 1. The maximum absolute atomic E-state index is 13.2. The minimum atomic E-state index is -0.529. The summed E-state index contributed by atoms with van der Waals surface area (Å²) >= 11 is 0. The number of halogens is 1. The van der Waals surface area contributed by atoms with Gasteiger partial charge in [-0.1, -0.05) is 31.4 Å². The second kappa shape index (κ2) is 6.19. The van der Waals surface area contributed by atoms with Gasteiger partial charge in [0.15, 0.2) is 11.6 Å². The van der Waals surface area contributed by atoms with Gasteiger partial charge in [0, 0.05) is 18.7 Å². The lowest BCUT2D eigenvalue weighted by Crippen LogP contribution is -2.26. The van der Waals surface area contributed by atoms with E-state index in [0.717, 1.165) is 12.5 Å². The first-order valence-corrected chi connectivity index (χ1v) is 6.81. The average Bonchev–Trinajstić information content (AvgIpc) is 2.36. The minimum Gasteiger partial charge on any atom is -0.505 e. The summed E-state index contributed by atoms with van der Waals surface area (Å²) in [5, 5.41) is 9.65. The molecule has 0 bridgehead atoms. The normalized spacial score (nSPS) is 17.3. The summed E-state index contributed by atoms with van der Waals surface area (Å²) < 4.78 is 13.2. The van der Waals surface area contributed by atoms with Crippen molar-refractivity contribution in [2.75, 3.05) is 13.6 Å². The molecule has 0 radical (unpaired) electrons. The Morgan fingerprint density at radius 2 is 2.00 bits per heavy atom. The van der Waals surface area contributed by atoms with E-state index in [2.05, 4.69) is 4.90 Å². The standard InChI is InChI=1S/C15H22FNO/c1-17(10-12-6-3-2-4-7-12)11-13-8-5-9-14(16)15(13)18/h5,8-9,12,18H,2-4,6-7,10-11H2,1H3. The van der Waals surface area contributed by atoms with Gasteiger partial charge in [-0.15, -0.1) is 0 Å². The third kappa shape index (κ3) is 3.45. The lowest BCUT2D eigenvalue weighted by Gasteiger charge is -2.27. The van der Waals surface area contributed by atoms with Crippen LogP contribution in [0.2, 0.25) is 0 Å². The van der Waals surface area contributed by atoms with Gasteiger partial charge in [-0.05, 0) is 31.9 Å². The molecular formula is C15H22FNO. The maximum Gasteiger partial charge on any atom is 0.165 e. The van der Waals surface area contributed by atoms with Gasteiger partial charge < -0.3 is 10.0 Å². The topological polar surface area (TPSA) is 23.5 Å². The van der Waals surface area contributed by atoms with E-state index < -0.39 is 5.82 Å². The van der Waals surface area contributed by atoms with Gasteiger partial charge in [0.1, 0.15) is 0 Å². The number of hydrogen-bond acceptors (Lipinski definition) is 2. The number of para-hydroxylation sites is 1. The Morgan fingerprint density at radius 1 is 1.28 bits per heavy atom. The van der Waals surface area contributed by atoms with E-state index in [1.54, 1.807) is 12.1 Å².